The van der Waals surface area contributed by atoms with Crippen LogP contribution < -0.4 is 5.32 Å². The van der Waals surface area contributed by atoms with Gasteiger partial charge in [-0.3, -0.25) is 9.69 Å². The minimum absolute atomic E-state index is 0.163. The maximum absolute atomic E-state index is 13.0. The van der Waals surface area contributed by atoms with Crippen molar-refractivity contribution in [1.29, 1.82) is 0 Å². The van der Waals surface area contributed by atoms with E-state index >= 15 is 0 Å². The van der Waals surface area contributed by atoms with Gasteiger partial charge in [-0.1, -0.05) is 48.5 Å². The van der Waals surface area contributed by atoms with Crippen LogP contribution in [0.2, 0.25) is 0 Å². The van der Waals surface area contributed by atoms with Crippen LogP contribution in [0.15, 0.2) is 59.8 Å². The third kappa shape index (κ3) is 6.15. The lowest BCUT2D eigenvalue weighted by Crippen LogP contribution is -2.30. The molecule has 3 aromatic rings. The number of hydrogen-bond donors (Lipinski definition) is 1. The Morgan fingerprint density at radius 3 is 2.45 bits per heavy atom. The van der Waals surface area contributed by atoms with Crippen molar-refractivity contribution >= 4 is 23.4 Å². The summed E-state index contributed by atoms with van der Waals surface area (Å²) in [5.74, 6) is 0.631. The van der Waals surface area contributed by atoms with Crippen molar-refractivity contribution < 1.29 is 9.18 Å². The summed E-state index contributed by atoms with van der Waals surface area (Å²) in [7, 11) is 0. The lowest BCUT2D eigenvalue weighted by atomic mass is 10.1. The molecule has 162 valence electrons. The number of benzene rings is 2. The molecule has 6 nitrogen and oxygen atoms in total. The van der Waals surface area contributed by atoms with E-state index in [4.69, 9.17) is 0 Å². The Bertz CT molecular complexity index is 987. The van der Waals surface area contributed by atoms with E-state index in [1.807, 2.05) is 18.2 Å². The van der Waals surface area contributed by atoms with Gasteiger partial charge in [0.25, 0.3) is 0 Å². The third-order valence-corrected chi connectivity index (χ3v) is 6.22. The highest BCUT2D eigenvalue weighted by atomic mass is 32.2. The van der Waals surface area contributed by atoms with E-state index < -0.39 is 0 Å². The highest BCUT2D eigenvalue weighted by molar-refractivity contribution is 7.99. The Hall–Kier alpha value is -2.71. The SMILES string of the molecule is O=C(CSc1nnc(CN2CCCCC2)n1Cc1ccccc1)Nc1ccc(F)cc1. The van der Waals surface area contributed by atoms with E-state index in [-0.39, 0.29) is 17.5 Å². The number of nitrogens with one attached hydrogen (secondary N) is 1. The van der Waals surface area contributed by atoms with Crippen molar-refractivity contribution in [3.8, 4) is 0 Å². The number of rotatable bonds is 8. The lowest BCUT2D eigenvalue weighted by molar-refractivity contribution is -0.113. The molecule has 4 rings (SSSR count). The Kier molecular flexibility index (Phi) is 7.32. The molecule has 1 amide bonds. The van der Waals surface area contributed by atoms with Gasteiger partial charge in [0.2, 0.25) is 5.91 Å². The van der Waals surface area contributed by atoms with E-state index in [2.05, 4.69) is 37.1 Å². The number of amides is 1. The molecule has 0 spiro atoms. The molecule has 2 aromatic carbocycles. The minimum Gasteiger partial charge on any atom is -0.325 e. The first-order chi connectivity index (χ1) is 15.2. The Labute approximate surface area is 185 Å². The average molecular weight is 440 g/mol. The fraction of sp³-hybridized carbons (Fsp3) is 0.348. The van der Waals surface area contributed by atoms with Gasteiger partial charge in [-0.15, -0.1) is 10.2 Å². The molecule has 1 aliphatic heterocycles. The van der Waals surface area contributed by atoms with Crippen molar-refractivity contribution in [2.75, 3.05) is 24.2 Å². The van der Waals surface area contributed by atoms with Gasteiger partial charge in [0.1, 0.15) is 11.6 Å². The van der Waals surface area contributed by atoms with Crippen LogP contribution in [0.1, 0.15) is 30.7 Å². The Morgan fingerprint density at radius 1 is 0.968 bits per heavy atom. The lowest BCUT2D eigenvalue weighted by Gasteiger charge is -2.26. The molecule has 1 fully saturated rings. The van der Waals surface area contributed by atoms with Gasteiger partial charge in [-0.05, 0) is 55.8 Å². The zero-order chi connectivity index (χ0) is 21.5. The first kappa shape index (κ1) is 21.5. The molecule has 1 aliphatic rings. The predicted molar refractivity (Wildman–Crippen MR) is 120 cm³/mol. The Balaban J connectivity index is 1.45. The van der Waals surface area contributed by atoms with Crippen LogP contribution in [0.5, 0.6) is 0 Å². The van der Waals surface area contributed by atoms with Gasteiger partial charge >= 0.3 is 0 Å². The minimum atomic E-state index is -0.331. The van der Waals surface area contributed by atoms with Gasteiger partial charge in [0.05, 0.1) is 18.8 Å². The van der Waals surface area contributed by atoms with Gasteiger partial charge < -0.3 is 9.88 Å². The van der Waals surface area contributed by atoms with E-state index in [1.54, 1.807) is 12.1 Å². The van der Waals surface area contributed by atoms with Gasteiger partial charge in [-0.25, -0.2) is 4.39 Å². The number of nitrogens with zero attached hydrogens (tertiary/aromatic N) is 4. The number of aromatic nitrogens is 3. The zero-order valence-corrected chi connectivity index (χ0v) is 18.2. The van der Waals surface area contributed by atoms with Crippen molar-refractivity contribution in [2.24, 2.45) is 0 Å². The first-order valence-corrected chi connectivity index (χ1v) is 11.5. The number of likely N-dealkylation sites (tertiary alicyclic amines) is 1. The summed E-state index contributed by atoms with van der Waals surface area (Å²) in [5.41, 5.74) is 1.74. The highest BCUT2D eigenvalue weighted by Gasteiger charge is 2.18. The summed E-state index contributed by atoms with van der Waals surface area (Å²) in [4.78, 5) is 14.8. The fourth-order valence-electron chi connectivity index (χ4n) is 3.65. The number of anilines is 1. The number of piperidine rings is 1. The summed E-state index contributed by atoms with van der Waals surface area (Å²) in [6.45, 7) is 3.60. The molecule has 1 N–H and O–H groups in total. The van der Waals surface area contributed by atoms with Crippen LogP contribution >= 0.6 is 11.8 Å². The monoisotopic (exact) mass is 439 g/mol. The van der Waals surface area contributed by atoms with Crippen LogP contribution in [-0.4, -0.2) is 44.4 Å². The molecule has 1 aromatic heterocycles. The second-order valence-electron chi connectivity index (χ2n) is 7.65. The predicted octanol–water partition coefficient (Wildman–Crippen LogP) is 4.18. The van der Waals surface area contributed by atoms with Crippen LogP contribution in [0.4, 0.5) is 10.1 Å². The maximum Gasteiger partial charge on any atom is 0.234 e. The van der Waals surface area contributed by atoms with E-state index in [0.717, 1.165) is 30.6 Å². The normalized spacial score (nSPS) is 14.5. The molecule has 2 heterocycles. The van der Waals surface area contributed by atoms with E-state index in [0.29, 0.717) is 12.2 Å². The van der Waals surface area contributed by atoms with Crippen molar-refractivity contribution in [3.05, 3.63) is 71.8 Å². The van der Waals surface area contributed by atoms with E-state index in [1.165, 1.54) is 48.7 Å². The molecule has 0 unspecified atom stereocenters. The molecule has 8 heteroatoms. The fourth-order valence-corrected chi connectivity index (χ4v) is 4.40. The van der Waals surface area contributed by atoms with Crippen molar-refractivity contribution in [1.82, 2.24) is 19.7 Å². The molecule has 0 saturated carbocycles. The second kappa shape index (κ2) is 10.5. The standard InChI is InChI=1S/C23H26FN5OS/c24-19-9-11-20(12-10-19)25-22(30)17-31-23-27-26-21(16-28-13-5-2-6-14-28)29(23)15-18-7-3-1-4-8-18/h1,3-4,7-12H,2,5-6,13-17H2,(H,25,30). The Morgan fingerprint density at radius 2 is 1.71 bits per heavy atom. The van der Waals surface area contributed by atoms with Crippen LogP contribution in [0, 0.1) is 5.82 Å². The molecular formula is C23H26FN5OS. The van der Waals surface area contributed by atoms with Crippen molar-refractivity contribution in [2.45, 2.75) is 37.5 Å². The topological polar surface area (TPSA) is 63.1 Å². The number of carbonyl (C=O) groups is 1. The summed E-state index contributed by atoms with van der Waals surface area (Å²) in [6, 6.07) is 16.0. The van der Waals surface area contributed by atoms with Gasteiger partial charge in [-0.2, -0.15) is 0 Å². The smallest absolute Gasteiger partial charge is 0.234 e. The van der Waals surface area contributed by atoms with E-state index in [9.17, 15) is 9.18 Å². The molecule has 0 atom stereocenters. The van der Waals surface area contributed by atoms with Crippen LogP contribution in [0.25, 0.3) is 0 Å². The first-order valence-electron chi connectivity index (χ1n) is 10.5. The van der Waals surface area contributed by atoms with Gasteiger partial charge in [0, 0.05) is 5.69 Å². The molecule has 0 radical (unpaired) electrons. The molecule has 1 saturated heterocycles. The van der Waals surface area contributed by atoms with Crippen LogP contribution in [0.3, 0.4) is 0 Å². The summed E-state index contributed by atoms with van der Waals surface area (Å²) < 4.78 is 15.2. The third-order valence-electron chi connectivity index (χ3n) is 5.25. The number of halogens is 1. The molecule has 0 bridgehead atoms. The summed E-state index contributed by atoms with van der Waals surface area (Å²) in [5, 5.41) is 12.4. The number of hydrogen-bond acceptors (Lipinski definition) is 5. The zero-order valence-electron chi connectivity index (χ0n) is 17.3. The second-order valence-corrected chi connectivity index (χ2v) is 8.59. The summed E-state index contributed by atoms with van der Waals surface area (Å²) >= 11 is 1.36. The highest BCUT2D eigenvalue weighted by Crippen LogP contribution is 2.21. The van der Waals surface area contributed by atoms with Crippen LogP contribution in [-0.2, 0) is 17.9 Å². The molecular weight excluding hydrogens is 413 g/mol. The number of thioether (sulfide) groups is 1. The van der Waals surface area contributed by atoms with Gasteiger partial charge in [0.15, 0.2) is 5.16 Å². The number of carbonyl (C=O) groups excluding carboxylic acids is 1. The quantitative estimate of drug-likeness (QED) is 0.534. The average Bonchev–Trinajstić information content (AvgIpc) is 3.16. The molecule has 31 heavy (non-hydrogen) atoms. The largest absolute Gasteiger partial charge is 0.325 e. The molecule has 0 aliphatic carbocycles. The maximum atomic E-state index is 13.0. The summed E-state index contributed by atoms with van der Waals surface area (Å²) in [6.07, 6.45) is 3.73. The van der Waals surface area contributed by atoms with Crippen molar-refractivity contribution in [3.63, 3.8) is 0 Å².